The first-order chi connectivity index (χ1) is 7.35. The molecule has 5 heteroatoms. The predicted molar refractivity (Wildman–Crippen MR) is 56.5 cm³/mol. The number of ether oxygens (including phenoxy) is 1. The third-order valence-corrected chi connectivity index (χ3v) is 2.24. The number of fused-ring (bicyclic) bond motifs is 1. The molecule has 0 spiro atoms. The number of hydrogen-bond acceptors (Lipinski definition) is 4. The maximum absolute atomic E-state index is 5.62. The van der Waals surface area contributed by atoms with Crippen LogP contribution in [0.25, 0.3) is 5.65 Å². The van der Waals surface area contributed by atoms with Gasteiger partial charge in [-0.3, -0.25) is 0 Å². The van der Waals surface area contributed by atoms with Gasteiger partial charge >= 0.3 is 0 Å². The highest BCUT2D eigenvalue weighted by Crippen LogP contribution is 2.08. The quantitative estimate of drug-likeness (QED) is 0.785. The Morgan fingerprint density at radius 3 is 3.13 bits per heavy atom. The molecular formula is C10H14N4O. The third-order valence-electron chi connectivity index (χ3n) is 2.24. The van der Waals surface area contributed by atoms with E-state index in [1.807, 2.05) is 18.3 Å². The number of aromatic nitrogens is 3. The van der Waals surface area contributed by atoms with Crippen LogP contribution in [0.3, 0.4) is 0 Å². The average molecular weight is 206 g/mol. The molecule has 15 heavy (non-hydrogen) atoms. The van der Waals surface area contributed by atoms with Crippen LogP contribution >= 0.6 is 0 Å². The van der Waals surface area contributed by atoms with Crippen LogP contribution in [0.1, 0.15) is 11.4 Å². The first kappa shape index (κ1) is 10.1. The van der Waals surface area contributed by atoms with E-state index in [0.717, 1.165) is 23.5 Å². The summed E-state index contributed by atoms with van der Waals surface area (Å²) in [6, 6.07) is 3.88. The second-order valence-electron chi connectivity index (χ2n) is 3.28. The van der Waals surface area contributed by atoms with E-state index < -0.39 is 0 Å². The Morgan fingerprint density at radius 2 is 2.40 bits per heavy atom. The summed E-state index contributed by atoms with van der Waals surface area (Å²) in [7, 11) is 1.67. The highest BCUT2D eigenvalue weighted by Gasteiger charge is 2.06. The Kier molecular flexibility index (Phi) is 2.94. The van der Waals surface area contributed by atoms with E-state index in [4.69, 9.17) is 10.5 Å². The number of methoxy groups -OCH3 is 1. The third kappa shape index (κ3) is 1.98. The van der Waals surface area contributed by atoms with E-state index in [-0.39, 0.29) is 0 Å². The molecule has 0 radical (unpaired) electrons. The van der Waals surface area contributed by atoms with Crippen molar-refractivity contribution in [1.29, 1.82) is 0 Å². The number of hydrogen-bond donors (Lipinski definition) is 1. The Morgan fingerprint density at radius 1 is 1.53 bits per heavy atom. The van der Waals surface area contributed by atoms with Crippen molar-refractivity contribution in [1.82, 2.24) is 14.6 Å². The van der Waals surface area contributed by atoms with Crippen molar-refractivity contribution < 1.29 is 4.74 Å². The molecule has 0 atom stereocenters. The molecule has 80 valence electrons. The SMILES string of the molecule is COCCc1nc2c(CN)cccn2n1. The van der Waals surface area contributed by atoms with Crippen molar-refractivity contribution in [3.05, 3.63) is 29.7 Å². The molecule has 0 unspecified atom stereocenters. The zero-order valence-electron chi connectivity index (χ0n) is 8.68. The van der Waals surface area contributed by atoms with Gasteiger partial charge in [0, 0.05) is 31.8 Å². The van der Waals surface area contributed by atoms with Gasteiger partial charge in [-0.2, -0.15) is 5.10 Å². The van der Waals surface area contributed by atoms with E-state index >= 15 is 0 Å². The van der Waals surface area contributed by atoms with Gasteiger partial charge in [-0.15, -0.1) is 0 Å². The minimum absolute atomic E-state index is 0.479. The summed E-state index contributed by atoms with van der Waals surface area (Å²) >= 11 is 0. The van der Waals surface area contributed by atoms with Crippen LogP contribution in [-0.4, -0.2) is 28.3 Å². The van der Waals surface area contributed by atoms with E-state index in [1.54, 1.807) is 11.6 Å². The van der Waals surface area contributed by atoms with Gasteiger partial charge < -0.3 is 10.5 Å². The molecule has 0 bridgehead atoms. The predicted octanol–water partition coefficient (Wildman–Crippen LogP) is 0.377. The van der Waals surface area contributed by atoms with Crippen molar-refractivity contribution in [2.75, 3.05) is 13.7 Å². The highest BCUT2D eigenvalue weighted by molar-refractivity contribution is 5.46. The van der Waals surface area contributed by atoms with E-state index in [2.05, 4.69) is 10.1 Å². The summed E-state index contributed by atoms with van der Waals surface area (Å²) in [5.74, 6) is 0.790. The molecule has 0 amide bonds. The fraction of sp³-hybridized carbons (Fsp3) is 0.400. The largest absolute Gasteiger partial charge is 0.384 e. The topological polar surface area (TPSA) is 65.4 Å². The lowest BCUT2D eigenvalue weighted by Crippen LogP contribution is -1.99. The molecule has 2 heterocycles. The van der Waals surface area contributed by atoms with Crippen LogP contribution < -0.4 is 5.73 Å². The van der Waals surface area contributed by atoms with Gasteiger partial charge in [0.2, 0.25) is 0 Å². The van der Waals surface area contributed by atoms with E-state index in [9.17, 15) is 0 Å². The normalized spacial score (nSPS) is 11.1. The van der Waals surface area contributed by atoms with Crippen LogP contribution in [0.2, 0.25) is 0 Å². The van der Waals surface area contributed by atoms with Crippen LogP contribution in [0.15, 0.2) is 18.3 Å². The van der Waals surface area contributed by atoms with Gasteiger partial charge in [0.15, 0.2) is 11.5 Å². The van der Waals surface area contributed by atoms with Gasteiger partial charge in [-0.25, -0.2) is 9.50 Å². The van der Waals surface area contributed by atoms with Crippen molar-refractivity contribution in [2.24, 2.45) is 5.73 Å². The second kappa shape index (κ2) is 4.37. The van der Waals surface area contributed by atoms with Crippen molar-refractivity contribution >= 4 is 5.65 Å². The molecule has 0 aliphatic heterocycles. The second-order valence-corrected chi connectivity index (χ2v) is 3.28. The van der Waals surface area contributed by atoms with Crippen molar-refractivity contribution in [3.63, 3.8) is 0 Å². The molecule has 0 aromatic carbocycles. The number of pyridine rings is 1. The van der Waals surface area contributed by atoms with Gasteiger partial charge in [0.05, 0.1) is 6.61 Å². The Labute approximate surface area is 87.9 Å². The minimum atomic E-state index is 0.479. The summed E-state index contributed by atoms with van der Waals surface area (Å²) < 4.78 is 6.74. The van der Waals surface area contributed by atoms with Gasteiger partial charge in [0.1, 0.15) is 0 Å². The maximum Gasteiger partial charge on any atom is 0.160 e. The molecule has 0 saturated carbocycles. The van der Waals surface area contributed by atoms with Crippen LogP contribution in [0.4, 0.5) is 0 Å². The Bertz CT molecular complexity index is 452. The van der Waals surface area contributed by atoms with Crippen LogP contribution in [-0.2, 0) is 17.7 Å². The van der Waals surface area contributed by atoms with Crippen LogP contribution in [0, 0.1) is 0 Å². The monoisotopic (exact) mass is 206 g/mol. The molecule has 2 rings (SSSR count). The lowest BCUT2D eigenvalue weighted by molar-refractivity contribution is 0.200. The molecule has 2 aromatic rings. The molecule has 0 saturated heterocycles. The lowest BCUT2D eigenvalue weighted by Gasteiger charge is -1.96. The van der Waals surface area contributed by atoms with Crippen LogP contribution in [0.5, 0.6) is 0 Å². The summed E-state index contributed by atoms with van der Waals surface area (Å²) in [5.41, 5.74) is 7.47. The lowest BCUT2D eigenvalue weighted by atomic mass is 10.3. The molecule has 2 N–H and O–H groups in total. The first-order valence-corrected chi connectivity index (χ1v) is 4.87. The summed E-state index contributed by atoms with van der Waals surface area (Å²) in [4.78, 5) is 4.41. The first-order valence-electron chi connectivity index (χ1n) is 4.87. The van der Waals surface area contributed by atoms with E-state index in [1.165, 1.54) is 0 Å². The van der Waals surface area contributed by atoms with E-state index in [0.29, 0.717) is 13.2 Å². The maximum atomic E-state index is 5.62. The molecule has 5 nitrogen and oxygen atoms in total. The molecule has 0 aliphatic carbocycles. The van der Waals surface area contributed by atoms with Crippen molar-refractivity contribution in [3.8, 4) is 0 Å². The van der Waals surface area contributed by atoms with Gasteiger partial charge in [-0.1, -0.05) is 6.07 Å². The fourth-order valence-electron chi connectivity index (χ4n) is 1.46. The number of nitrogens with two attached hydrogens (primary N) is 1. The molecule has 2 aromatic heterocycles. The van der Waals surface area contributed by atoms with Gasteiger partial charge in [-0.05, 0) is 6.07 Å². The Balaban J connectivity index is 2.37. The zero-order valence-corrected chi connectivity index (χ0v) is 8.68. The summed E-state index contributed by atoms with van der Waals surface area (Å²) in [6.07, 6.45) is 2.60. The number of nitrogens with zero attached hydrogens (tertiary/aromatic N) is 3. The smallest absolute Gasteiger partial charge is 0.160 e. The summed E-state index contributed by atoms with van der Waals surface area (Å²) in [6.45, 7) is 1.11. The molecule has 0 aliphatic rings. The standard InChI is InChI=1S/C10H14N4O/c1-15-6-4-9-12-10-8(7-11)3-2-5-14(10)13-9/h2-3,5H,4,6-7,11H2,1H3. The fourth-order valence-corrected chi connectivity index (χ4v) is 1.46. The average Bonchev–Trinajstić information content (AvgIpc) is 2.68. The van der Waals surface area contributed by atoms with Crippen molar-refractivity contribution in [2.45, 2.75) is 13.0 Å². The van der Waals surface area contributed by atoms with Gasteiger partial charge in [0.25, 0.3) is 0 Å². The molecule has 0 fully saturated rings. The Hall–Kier alpha value is -1.46. The number of rotatable bonds is 4. The summed E-state index contributed by atoms with van der Waals surface area (Å²) in [5, 5.41) is 4.33. The molecular weight excluding hydrogens is 192 g/mol. The zero-order chi connectivity index (χ0) is 10.7. The minimum Gasteiger partial charge on any atom is -0.384 e. The highest BCUT2D eigenvalue weighted by atomic mass is 16.5.